The van der Waals surface area contributed by atoms with Crippen molar-refractivity contribution in [2.75, 3.05) is 51.2 Å². The number of carbonyl (C=O) groups is 2. The second kappa shape index (κ2) is 10.9. The highest BCUT2D eigenvalue weighted by Crippen LogP contribution is 2.30. The number of methoxy groups -OCH3 is 1. The summed E-state index contributed by atoms with van der Waals surface area (Å²) >= 11 is 0. The fourth-order valence-corrected chi connectivity index (χ4v) is 4.97. The molecule has 10 heteroatoms. The van der Waals surface area contributed by atoms with Crippen molar-refractivity contribution in [2.45, 2.75) is 24.8 Å². The summed E-state index contributed by atoms with van der Waals surface area (Å²) in [5.41, 5.74) is 0.551. The van der Waals surface area contributed by atoms with Gasteiger partial charge in [-0.15, -0.1) is 0 Å². The number of para-hydroxylation sites is 2. The van der Waals surface area contributed by atoms with Crippen LogP contribution in [0.15, 0.2) is 53.4 Å². The number of carbonyl (C=O) groups excluding carboxylic acids is 2. The lowest BCUT2D eigenvalue weighted by Crippen LogP contribution is -2.51. The first-order chi connectivity index (χ1) is 16.2. The van der Waals surface area contributed by atoms with Gasteiger partial charge in [0.25, 0.3) is 15.9 Å². The average molecular weight is 490 g/mol. The minimum absolute atomic E-state index is 0.00961. The van der Waals surface area contributed by atoms with Crippen LogP contribution in [0.1, 0.15) is 24.2 Å². The number of rotatable bonds is 8. The molecule has 0 N–H and O–H groups in total. The lowest BCUT2D eigenvalue weighted by molar-refractivity contribution is -0.141. The van der Waals surface area contributed by atoms with E-state index in [9.17, 15) is 18.0 Å². The highest BCUT2D eigenvalue weighted by Gasteiger charge is 2.28. The van der Waals surface area contributed by atoms with Crippen molar-refractivity contribution in [2.24, 2.45) is 0 Å². The fraction of sp³-hybridized carbons (Fsp3) is 0.417. The summed E-state index contributed by atoms with van der Waals surface area (Å²) in [6.45, 7) is 7.35. The molecule has 3 rings (SSSR count). The number of benzene rings is 2. The van der Waals surface area contributed by atoms with Gasteiger partial charge in [0, 0.05) is 33.2 Å². The Hall–Kier alpha value is -3.11. The summed E-state index contributed by atoms with van der Waals surface area (Å²) in [6, 6.07) is 12.2. The molecule has 0 radical (unpaired) electrons. The Morgan fingerprint density at radius 2 is 1.65 bits per heavy atom. The van der Waals surface area contributed by atoms with Gasteiger partial charge in [0.05, 0.1) is 23.3 Å². The predicted molar refractivity (Wildman–Crippen MR) is 129 cm³/mol. The molecule has 1 saturated heterocycles. The number of ether oxygens (including phenoxy) is 2. The second-order valence-corrected chi connectivity index (χ2v) is 9.95. The van der Waals surface area contributed by atoms with Gasteiger partial charge in [-0.2, -0.15) is 0 Å². The van der Waals surface area contributed by atoms with Gasteiger partial charge in [0.15, 0.2) is 6.10 Å². The molecule has 0 aromatic heterocycles. The Balaban J connectivity index is 1.66. The number of hydrogen-bond acceptors (Lipinski definition) is 7. The number of amides is 1. The third-order valence-corrected chi connectivity index (χ3v) is 7.72. The standard InChI is InChI=1S/C24H31N3O6S/c1-5-26-14-16-27(17-15-26)23(28)18(2)33-24(29)19-10-12-20(13-11-19)34(30,31)25(3)21-8-6-7-9-22(21)32-4/h6-13,18H,5,14-17H2,1-4H3. The van der Waals surface area contributed by atoms with E-state index >= 15 is 0 Å². The van der Waals surface area contributed by atoms with Crippen LogP contribution in [-0.4, -0.2) is 83.1 Å². The van der Waals surface area contributed by atoms with Crippen LogP contribution >= 0.6 is 0 Å². The van der Waals surface area contributed by atoms with Crippen LogP contribution in [0, 0.1) is 0 Å². The van der Waals surface area contributed by atoms with Crippen LogP contribution in [0.2, 0.25) is 0 Å². The highest BCUT2D eigenvalue weighted by atomic mass is 32.2. The van der Waals surface area contributed by atoms with Gasteiger partial charge in [0.2, 0.25) is 0 Å². The van der Waals surface area contributed by atoms with E-state index in [0.717, 1.165) is 23.9 Å². The van der Waals surface area contributed by atoms with E-state index in [1.807, 2.05) is 0 Å². The van der Waals surface area contributed by atoms with Gasteiger partial charge in [-0.05, 0) is 49.9 Å². The van der Waals surface area contributed by atoms with Crippen LogP contribution in [0.25, 0.3) is 0 Å². The minimum Gasteiger partial charge on any atom is -0.495 e. The number of piperazine rings is 1. The number of hydrogen-bond donors (Lipinski definition) is 0. The number of sulfonamides is 1. The number of likely N-dealkylation sites (N-methyl/N-ethyl adjacent to an activating group) is 1. The van der Waals surface area contributed by atoms with Gasteiger partial charge >= 0.3 is 5.97 Å². The van der Waals surface area contributed by atoms with Crippen molar-refractivity contribution in [1.82, 2.24) is 9.80 Å². The monoisotopic (exact) mass is 489 g/mol. The van der Waals surface area contributed by atoms with Crippen molar-refractivity contribution in [3.63, 3.8) is 0 Å². The van der Waals surface area contributed by atoms with Gasteiger partial charge < -0.3 is 19.3 Å². The third-order valence-electron chi connectivity index (χ3n) is 5.94. The van der Waals surface area contributed by atoms with Gasteiger partial charge in [-0.1, -0.05) is 19.1 Å². The van der Waals surface area contributed by atoms with Crippen molar-refractivity contribution >= 4 is 27.6 Å². The van der Waals surface area contributed by atoms with Crippen LogP contribution in [0.3, 0.4) is 0 Å². The number of anilines is 1. The van der Waals surface area contributed by atoms with E-state index in [1.165, 1.54) is 38.4 Å². The number of esters is 1. The van der Waals surface area contributed by atoms with E-state index in [0.29, 0.717) is 24.5 Å². The minimum atomic E-state index is -3.89. The van der Waals surface area contributed by atoms with E-state index in [1.54, 1.807) is 36.1 Å². The lowest BCUT2D eigenvalue weighted by Gasteiger charge is -2.35. The predicted octanol–water partition coefficient (Wildman–Crippen LogP) is 2.23. The summed E-state index contributed by atoms with van der Waals surface area (Å²) in [6.07, 6.45) is -0.930. The summed E-state index contributed by atoms with van der Waals surface area (Å²) in [4.78, 5) is 29.2. The van der Waals surface area contributed by atoms with Crippen molar-refractivity contribution in [1.29, 1.82) is 0 Å². The molecule has 184 valence electrons. The summed E-state index contributed by atoms with van der Waals surface area (Å²) < 4.78 is 37.9. The molecule has 1 heterocycles. The molecule has 2 aromatic rings. The molecule has 0 bridgehead atoms. The van der Waals surface area contributed by atoms with E-state index in [2.05, 4.69) is 11.8 Å². The number of nitrogens with zero attached hydrogens (tertiary/aromatic N) is 3. The zero-order chi connectivity index (χ0) is 24.9. The van der Waals surface area contributed by atoms with Gasteiger partial charge in [-0.25, -0.2) is 13.2 Å². The van der Waals surface area contributed by atoms with Gasteiger partial charge in [-0.3, -0.25) is 9.10 Å². The van der Waals surface area contributed by atoms with Crippen LogP contribution in [0.5, 0.6) is 5.75 Å². The molecule has 0 spiro atoms. The van der Waals surface area contributed by atoms with Crippen molar-refractivity contribution in [3.05, 3.63) is 54.1 Å². The zero-order valence-corrected chi connectivity index (χ0v) is 20.7. The smallest absolute Gasteiger partial charge is 0.338 e. The molecule has 2 aromatic carbocycles. The SMILES string of the molecule is CCN1CCN(C(=O)C(C)OC(=O)c2ccc(S(=O)(=O)N(C)c3ccccc3OC)cc2)CC1. The maximum absolute atomic E-state index is 13.1. The quantitative estimate of drug-likeness (QED) is 0.525. The van der Waals surface area contributed by atoms with Gasteiger partial charge in [0.1, 0.15) is 5.75 Å². The Bertz CT molecular complexity index is 1110. The van der Waals surface area contributed by atoms with E-state index < -0.39 is 22.1 Å². The Kier molecular flexibility index (Phi) is 8.16. The molecule has 1 aliphatic rings. The summed E-state index contributed by atoms with van der Waals surface area (Å²) in [7, 11) is -0.986. The Morgan fingerprint density at radius 1 is 1.03 bits per heavy atom. The maximum atomic E-state index is 13.1. The molecule has 0 saturated carbocycles. The molecule has 1 aliphatic heterocycles. The van der Waals surface area contributed by atoms with Crippen molar-refractivity contribution in [3.8, 4) is 5.75 Å². The van der Waals surface area contributed by atoms with Crippen molar-refractivity contribution < 1.29 is 27.5 Å². The van der Waals surface area contributed by atoms with E-state index in [4.69, 9.17) is 9.47 Å². The molecule has 1 unspecified atom stereocenters. The van der Waals surface area contributed by atoms with Crippen LogP contribution in [0.4, 0.5) is 5.69 Å². The second-order valence-electron chi connectivity index (χ2n) is 7.98. The van der Waals surface area contributed by atoms with Crippen LogP contribution in [-0.2, 0) is 19.6 Å². The maximum Gasteiger partial charge on any atom is 0.338 e. The topological polar surface area (TPSA) is 96.5 Å². The first kappa shape index (κ1) is 25.5. The van der Waals surface area contributed by atoms with E-state index in [-0.39, 0.29) is 16.4 Å². The average Bonchev–Trinajstić information content (AvgIpc) is 2.87. The Labute approximate surface area is 200 Å². The molecular formula is C24H31N3O6S. The molecule has 9 nitrogen and oxygen atoms in total. The first-order valence-corrected chi connectivity index (χ1v) is 12.6. The normalized spacial score (nSPS) is 15.5. The molecule has 1 fully saturated rings. The summed E-state index contributed by atoms with van der Waals surface area (Å²) in [5.74, 6) is -0.500. The third kappa shape index (κ3) is 5.51. The lowest BCUT2D eigenvalue weighted by atomic mass is 10.2. The van der Waals surface area contributed by atoms with Crippen LogP contribution < -0.4 is 9.04 Å². The Morgan fingerprint density at radius 3 is 2.24 bits per heavy atom. The molecule has 34 heavy (non-hydrogen) atoms. The largest absolute Gasteiger partial charge is 0.495 e. The first-order valence-electron chi connectivity index (χ1n) is 11.1. The zero-order valence-electron chi connectivity index (χ0n) is 19.9. The fourth-order valence-electron chi connectivity index (χ4n) is 3.76. The summed E-state index contributed by atoms with van der Waals surface area (Å²) in [5, 5.41) is 0. The molecule has 1 atom stereocenters. The molecular weight excluding hydrogens is 458 g/mol. The molecule has 1 amide bonds. The molecule has 0 aliphatic carbocycles. The highest BCUT2D eigenvalue weighted by molar-refractivity contribution is 7.92.